The largest absolute Gasteiger partial charge is 0.298 e. The molecule has 0 amide bonds. The Hall–Kier alpha value is -2.64. The Morgan fingerprint density at radius 2 is 1.35 bits per heavy atom. The lowest BCUT2D eigenvalue weighted by Gasteiger charge is -2.16. The minimum atomic E-state index is 0.543. The third-order valence-corrected chi connectivity index (χ3v) is 5.25. The number of nitrogens with zero attached hydrogens (tertiary/aromatic N) is 1. The molecule has 1 aliphatic heterocycles. The summed E-state index contributed by atoms with van der Waals surface area (Å²) in [7, 11) is 0. The number of hydrogen-bond acceptors (Lipinski definition) is 1. The molecule has 1 saturated heterocycles. The van der Waals surface area contributed by atoms with E-state index in [2.05, 4.69) is 108 Å². The average molecular weight is 339 g/mol. The van der Waals surface area contributed by atoms with Crippen LogP contribution in [0.15, 0.2) is 97.1 Å². The zero-order valence-corrected chi connectivity index (χ0v) is 15.0. The molecule has 0 radical (unpaired) electrons. The van der Waals surface area contributed by atoms with Crippen molar-refractivity contribution in [3.05, 3.63) is 114 Å². The molecular weight excluding hydrogens is 314 g/mol. The standard InChI is InChI=1S/C25H25N/c1-4-10-21(11-5-1)16-17-24-19-26(18-22-12-6-2-7-13-22)20-25(24)23-14-8-3-9-15-23/h1-17,24-25H,18-20H2. The first-order valence-corrected chi connectivity index (χ1v) is 9.43. The molecule has 1 heteroatoms. The molecule has 2 atom stereocenters. The fraction of sp³-hybridized carbons (Fsp3) is 0.200. The minimum absolute atomic E-state index is 0.543. The molecule has 0 bridgehead atoms. The quantitative estimate of drug-likeness (QED) is 0.583. The van der Waals surface area contributed by atoms with Crippen molar-refractivity contribution in [2.45, 2.75) is 12.5 Å². The van der Waals surface area contributed by atoms with Crippen molar-refractivity contribution < 1.29 is 0 Å². The van der Waals surface area contributed by atoms with Crippen molar-refractivity contribution in [1.82, 2.24) is 4.90 Å². The molecule has 2 unspecified atom stereocenters. The van der Waals surface area contributed by atoms with E-state index < -0.39 is 0 Å². The van der Waals surface area contributed by atoms with E-state index in [1.165, 1.54) is 16.7 Å². The molecule has 0 spiro atoms. The first kappa shape index (κ1) is 16.8. The van der Waals surface area contributed by atoms with Gasteiger partial charge in [-0.15, -0.1) is 0 Å². The van der Waals surface area contributed by atoms with Crippen molar-refractivity contribution in [1.29, 1.82) is 0 Å². The zero-order valence-electron chi connectivity index (χ0n) is 15.0. The summed E-state index contributed by atoms with van der Waals surface area (Å²) in [4.78, 5) is 2.59. The summed E-state index contributed by atoms with van der Waals surface area (Å²) < 4.78 is 0. The summed E-state index contributed by atoms with van der Waals surface area (Å²) in [5.74, 6) is 1.10. The van der Waals surface area contributed by atoms with Gasteiger partial charge in [-0.05, 0) is 22.6 Å². The summed E-state index contributed by atoms with van der Waals surface area (Å²) in [5, 5.41) is 0. The lowest BCUT2D eigenvalue weighted by molar-refractivity contribution is 0.322. The van der Waals surface area contributed by atoms with Gasteiger partial charge in [0, 0.05) is 25.6 Å². The predicted molar refractivity (Wildman–Crippen MR) is 110 cm³/mol. The van der Waals surface area contributed by atoms with Crippen LogP contribution in [0.2, 0.25) is 0 Å². The number of hydrogen-bond donors (Lipinski definition) is 0. The van der Waals surface area contributed by atoms with Crippen LogP contribution < -0.4 is 0 Å². The van der Waals surface area contributed by atoms with Crippen LogP contribution in [0.5, 0.6) is 0 Å². The molecule has 0 N–H and O–H groups in total. The fourth-order valence-electron chi connectivity index (χ4n) is 3.93. The van der Waals surface area contributed by atoms with Crippen LogP contribution in [-0.4, -0.2) is 18.0 Å². The molecule has 0 aromatic heterocycles. The maximum absolute atomic E-state index is 2.59. The SMILES string of the molecule is C(=CC1CN(Cc2ccccc2)CC1c1ccccc1)c1ccccc1. The highest BCUT2D eigenvalue weighted by molar-refractivity contribution is 5.49. The lowest BCUT2D eigenvalue weighted by Crippen LogP contribution is -2.20. The molecule has 1 nitrogen and oxygen atoms in total. The van der Waals surface area contributed by atoms with Crippen molar-refractivity contribution in [2.75, 3.05) is 13.1 Å². The van der Waals surface area contributed by atoms with Crippen molar-refractivity contribution in [3.63, 3.8) is 0 Å². The smallest absolute Gasteiger partial charge is 0.0234 e. The summed E-state index contributed by atoms with van der Waals surface area (Å²) in [6, 6.07) is 32.4. The normalized spacial score (nSPS) is 20.6. The number of likely N-dealkylation sites (tertiary alicyclic amines) is 1. The minimum Gasteiger partial charge on any atom is -0.298 e. The van der Waals surface area contributed by atoms with Crippen LogP contribution in [0.3, 0.4) is 0 Å². The molecule has 0 saturated carbocycles. The zero-order chi connectivity index (χ0) is 17.6. The van der Waals surface area contributed by atoms with Gasteiger partial charge in [0.05, 0.1) is 0 Å². The average Bonchev–Trinajstić information content (AvgIpc) is 3.11. The van der Waals surface area contributed by atoms with E-state index in [1.54, 1.807) is 0 Å². The molecule has 1 heterocycles. The fourth-order valence-corrected chi connectivity index (χ4v) is 3.93. The van der Waals surface area contributed by atoms with Crippen LogP contribution in [0.1, 0.15) is 22.6 Å². The summed E-state index contributed by atoms with van der Waals surface area (Å²) in [6.45, 7) is 3.25. The molecule has 3 aromatic rings. The van der Waals surface area contributed by atoms with E-state index in [0.29, 0.717) is 11.8 Å². The van der Waals surface area contributed by atoms with Crippen molar-refractivity contribution >= 4 is 6.08 Å². The molecular formula is C25H25N. The Bertz CT molecular complexity index is 824. The van der Waals surface area contributed by atoms with Crippen LogP contribution >= 0.6 is 0 Å². The Balaban J connectivity index is 1.54. The molecule has 3 aromatic carbocycles. The third kappa shape index (κ3) is 4.12. The van der Waals surface area contributed by atoms with Crippen LogP contribution in [0, 0.1) is 5.92 Å². The highest BCUT2D eigenvalue weighted by atomic mass is 15.1. The molecule has 1 aliphatic rings. The van der Waals surface area contributed by atoms with Gasteiger partial charge in [-0.25, -0.2) is 0 Å². The third-order valence-electron chi connectivity index (χ3n) is 5.25. The number of rotatable bonds is 5. The maximum atomic E-state index is 2.59. The van der Waals surface area contributed by atoms with Crippen molar-refractivity contribution in [3.8, 4) is 0 Å². The lowest BCUT2D eigenvalue weighted by atomic mass is 9.88. The second-order valence-electron chi connectivity index (χ2n) is 7.13. The van der Waals surface area contributed by atoms with Crippen LogP contribution in [0.25, 0.3) is 6.08 Å². The predicted octanol–water partition coefficient (Wildman–Crippen LogP) is 5.62. The van der Waals surface area contributed by atoms with E-state index in [1.807, 2.05) is 0 Å². The summed E-state index contributed by atoms with van der Waals surface area (Å²) in [6.07, 6.45) is 4.70. The maximum Gasteiger partial charge on any atom is 0.0234 e. The second-order valence-corrected chi connectivity index (χ2v) is 7.13. The number of benzene rings is 3. The van der Waals surface area contributed by atoms with Gasteiger partial charge in [0.25, 0.3) is 0 Å². The molecule has 130 valence electrons. The van der Waals surface area contributed by atoms with Gasteiger partial charge >= 0.3 is 0 Å². The van der Waals surface area contributed by atoms with E-state index in [-0.39, 0.29) is 0 Å². The first-order valence-electron chi connectivity index (χ1n) is 9.43. The highest BCUT2D eigenvalue weighted by Crippen LogP contribution is 2.34. The Labute approximate surface area is 156 Å². The first-order chi connectivity index (χ1) is 12.9. The second kappa shape index (κ2) is 8.16. The van der Waals surface area contributed by atoms with Crippen LogP contribution in [-0.2, 0) is 6.54 Å². The van der Waals surface area contributed by atoms with Crippen molar-refractivity contribution in [2.24, 2.45) is 5.92 Å². The Kier molecular flexibility index (Phi) is 5.27. The van der Waals surface area contributed by atoms with Gasteiger partial charge in [0.15, 0.2) is 0 Å². The molecule has 1 fully saturated rings. The van der Waals surface area contributed by atoms with E-state index in [9.17, 15) is 0 Å². The Morgan fingerprint density at radius 3 is 2.04 bits per heavy atom. The van der Waals surface area contributed by atoms with Gasteiger partial charge in [-0.1, -0.05) is 103 Å². The molecule has 26 heavy (non-hydrogen) atoms. The molecule has 4 rings (SSSR count). The van der Waals surface area contributed by atoms with Gasteiger partial charge in [-0.3, -0.25) is 4.90 Å². The van der Waals surface area contributed by atoms with Gasteiger partial charge in [-0.2, -0.15) is 0 Å². The van der Waals surface area contributed by atoms with Gasteiger partial charge in [0.2, 0.25) is 0 Å². The van der Waals surface area contributed by atoms with Gasteiger partial charge < -0.3 is 0 Å². The highest BCUT2D eigenvalue weighted by Gasteiger charge is 2.31. The van der Waals surface area contributed by atoms with E-state index >= 15 is 0 Å². The van der Waals surface area contributed by atoms with E-state index in [0.717, 1.165) is 19.6 Å². The van der Waals surface area contributed by atoms with Gasteiger partial charge in [0.1, 0.15) is 0 Å². The van der Waals surface area contributed by atoms with E-state index in [4.69, 9.17) is 0 Å². The monoisotopic (exact) mass is 339 g/mol. The summed E-state index contributed by atoms with van der Waals surface area (Å²) >= 11 is 0. The molecule has 0 aliphatic carbocycles. The summed E-state index contributed by atoms with van der Waals surface area (Å²) in [5.41, 5.74) is 4.12. The van der Waals surface area contributed by atoms with Crippen LogP contribution in [0.4, 0.5) is 0 Å². The Morgan fingerprint density at radius 1 is 0.731 bits per heavy atom. The topological polar surface area (TPSA) is 3.24 Å².